The summed E-state index contributed by atoms with van der Waals surface area (Å²) in [5.74, 6) is 0. The maximum Gasteiger partial charge on any atom is 0.0492 e. The first kappa shape index (κ1) is 10.7. The molecular weight excluding hydrogens is 186 g/mol. The second kappa shape index (κ2) is 5.31. The van der Waals surface area contributed by atoms with Gasteiger partial charge in [-0.1, -0.05) is 6.42 Å². The van der Waals surface area contributed by atoms with Crippen molar-refractivity contribution in [3.05, 3.63) is 18.0 Å². The van der Waals surface area contributed by atoms with Gasteiger partial charge in [-0.15, -0.1) is 0 Å². The summed E-state index contributed by atoms with van der Waals surface area (Å²) < 4.78 is 2.09. The van der Waals surface area contributed by atoms with Crippen LogP contribution in [0.3, 0.4) is 0 Å². The summed E-state index contributed by atoms with van der Waals surface area (Å²) in [4.78, 5) is 0. The predicted molar refractivity (Wildman–Crippen MR) is 61.8 cm³/mol. The zero-order valence-electron chi connectivity index (χ0n) is 9.58. The van der Waals surface area contributed by atoms with Crippen molar-refractivity contribution in [1.82, 2.24) is 15.1 Å². The molecule has 0 radical (unpaired) electrons. The largest absolute Gasteiger partial charge is 0.314 e. The zero-order valence-corrected chi connectivity index (χ0v) is 9.58. The van der Waals surface area contributed by atoms with Crippen LogP contribution in [0.15, 0.2) is 12.3 Å². The van der Waals surface area contributed by atoms with Gasteiger partial charge in [0.2, 0.25) is 0 Å². The van der Waals surface area contributed by atoms with E-state index < -0.39 is 0 Å². The van der Waals surface area contributed by atoms with E-state index in [0.717, 1.165) is 12.6 Å². The number of aryl methyl sites for hydroxylation is 2. The molecule has 0 amide bonds. The zero-order chi connectivity index (χ0) is 10.5. The Labute approximate surface area is 91.9 Å². The minimum Gasteiger partial charge on any atom is -0.314 e. The Morgan fingerprint density at radius 2 is 2.27 bits per heavy atom. The Morgan fingerprint density at radius 1 is 1.40 bits per heavy atom. The molecule has 1 saturated carbocycles. The van der Waals surface area contributed by atoms with Gasteiger partial charge in [-0.25, -0.2) is 0 Å². The number of hydrogen-bond donors (Lipinski definition) is 1. The van der Waals surface area contributed by atoms with Gasteiger partial charge in [0, 0.05) is 24.5 Å². The highest BCUT2D eigenvalue weighted by atomic mass is 15.3. The standard InChI is InChI=1S/C12H21N3/c1-11-7-9-14-15(11)10-4-2-3-8-13-12-5-6-12/h7,9,12-13H,2-6,8,10H2,1H3. The Morgan fingerprint density at radius 3 is 2.93 bits per heavy atom. The molecule has 1 N–H and O–H groups in total. The third-order valence-corrected chi connectivity index (χ3v) is 2.99. The second-order valence-electron chi connectivity index (χ2n) is 4.48. The summed E-state index contributed by atoms with van der Waals surface area (Å²) in [6, 6.07) is 2.92. The van der Waals surface area contributed by atoms with E-state index >= 15 is 0 Å². The molecule has 0 spiro atoms. The Hall–Kier alpha value is -0.830. The summed E-state index contributed by atoms with van der Waals surface area (Å²) in [6.45, 7) is 4.38. The van der Waals surface area contributed by atoms with Gasteiger partial charge in [0.15, 0.2) is 0 Å². The van der Waals surface area contributed by atoms with Gasteiger partial charge in [0.1, 0.15) is 0 Å². The van der Waals surface area contributed by atoms with Crippen molar-refractivity contribution in [2.45, 2.75) is 51.6 Å². The number of hydrogen-bond acceptors (Lipinski definition) is 2. The molecule has 3 nitrogen and oxygen atoms in total. The molecule has 2 rings (SSSR count). The van der Waals surface area contributed by atoms with Gasteiger partial charge in [-0.05, 0) is 45.2 Å². The molecule has 0 aromatic carbocycles. The van der Waals surface area contributed by atoms with Crippen molar-refractivity contribution in [2.75, 3.05) is 6.54 Å². The smallest absolute Gasteiger partial charge is 0.0492 e. The molecule has 1 aromatic heterocycles. The van der Waals surface area contributed by atoms with Crippen molar-refractivity contribution < 1.29 is 0 Å². The Bertz CT molecular complexity index is 289. The van der Waals surface area contributed by atoms with Crippen molar-refractivity contribution >= 4 is 0 Å². The third-order valence-electron chi connectivity index (χ3n) is 2.99. The molecule has 0 aliphatic heterocycles. The van der Waals surface area contributed by atoms with E-state index in [4.69, 9.17) is 0 Å². The summed E-state index contributed by atoms with van der Waals surface area (Å²) in [6.07, 6.45) is 8.52. The van der Waals surface area contributed by atoms with Crippen LogP contribution in [0.4, 0.5) is 0 Å². The van der Waals surface area contributed by atoms with Crippen LogP contribution in [-0.4, -0.2) is 22.4 Å². The molecule has 1 aliphatic rings. The van der Waals surface area contributed by atoms with E-state index in [-0.39, 0.29) is 0 Å². The van der Waals surface area contributed by atoms with Crippen LogP contribution in [0.5, 0.6) is 0 Å². The number of unbranched alkanes of at least 4 members (excludes halogenated alkanes) is 2. The van der Waals surface area contributed by atoms with Crippen LogP contribution >= 0.6 is 0 Å². The summed E-state index contributed by atoms with van der Waals surface area (Å²) >= 11 is 0. The van der Waals surface area contributed by atoms with Gasteiger partial charge < -0.3 is 5.32 Å². The van der Waals surface area contributed by atoms with Gasteiger partial charge in [0.25, 0.3) is 0 Å². The molecule has 1 heterocycles. The van der Waals surface area contributed by atoms with E-state index in [0.29, 0.717) is 0 Å². The maximum atomic E-state index is 4.27. The van der Waals surface area contributed by atoms with E-state index in [2.05, 4.69) is 28.1 Å². The predicted octanol–water partition coefficient (Wildman–Crippen LogP) is 2.11. The second-order valence-corrected chi connectivity index (χ2v) is 4.48. The highest BCUT2D eigenvalue weighted by molar-refractivity contribution is 4.96. The summed E-state index contributed by atoms with van der Waals surface area (Å²) in [5.41, 5.74) is 1.27. The Kier molecular flexibility index (Phi) is 3.78. The number of rotatable bonds is 7. The quantitative estimate of drug-likeness (QED) is 0.694. The fourth-order valence-electron chi connectivity index (χ4n) is 1.79. The van der Waals surface area contributed by atoms with E-state index in [9.17, 15) is 0 Å². The highest BCUT2D eigenvalue weighted by Gasteiger charge is 2.19. The topological polar surface area (TPSA) is 29.9 Å². The summed E-state index contributed by atoms with van der Waals surface area (Å²) in [7, 11) is 0. The van der Waals surface area contributed by atoms with E-state index in [1.165, 1.54) is 44.3 Å². The summed E-state index contributed by atoms with van der Waals surface area (Å²) in [5, 5.41) is 7.81. The number of nitrogens with one attached hydrogen (secondary N) is 1. The van der Waals surface area contributed by atoms with Gasteiger partial charge in [-0.2, -0.15) is 5.10 Å². The molecule has 1 aromatic rings. The lowest BCUT2D eigenvalue weighted by molar-refractivity contribution is 0.521. The molecular formula is C12H21N3. The van der Waals surface area contributed by atoms with Crippen molar-refractivity contribution in [1.29, 1.82) is 0 Å². The molecule has 1 aliphatic carbocycles. The number of aromatic nitrogens is 2. The first-order valence-corrected chi connectivity index (χ1v) is 6.08. The van der Waals surface area contributed by atoms with Crippen LogP contribution in [0.25, 0.3) is 0 Å². The Balaban J connectivity index is 1.49. The lowest BCUT2D eigenvalue weighted by atomic mass is 10.2. The molecule has 0 atom stereocenters. The van der Waals surface area contributed by atoms with Crippen LogP contribution < -0.4 is 5.32 Å². The fraction of sp³-hybridized carbons (Fsp3) is 0.750. The normalized spacial score (nSPS) is 15.8. The fourth-order valence-corrected chi connectivity index (χ4v) is 1.79. The van der Waals surface area contributed by atoms with Gasteiger partial charge >= 0.3 is 0 Å². The van der Waals surface area contributed by atoms with Crippen molar-refractivity contribution in [3.8, 4) is 0 Å². The van der Waals surface area contributed by atoms with Crippen LogP contribution in [-0.2, 0) is 6.54 Å². The minimum absolute atomic E-state index is 0.860. The first-order chi connectivity index (χ1) is 7.36. The molecule has 15 heavy (non-hydrogen) atoms. The SMILES string of the molecule is Cc1ccnn1CCCCCNC1CC1. The molecule has 84 valence electrons. The minimum atomic E-state index is 0.860. The first-order valence-electron chi connectivity index (χ1n) is 6.08. The monoisotopic (exact) mass is 207 g/mol. The maximum absolute atomic E-state index is 4.27. The van der Waals surface area contributed by atoms with Crippen LogP contribution in [0, 0.1) is 6.92 Å². The molecule has 0 bridgehead atoms. The molecule has 1 fully saturated rings. The average molecular weight is 207 g/mol. The molecule has 0 unspecified atom stereocenters. The molecule has 3 heteroatoms. The lowest BCUT2D eigenvalue weighted by Gasteiger charge is -2.05. The third kappa shape index (κ3) is 3.67. The van der Waals surface area contributed by atoms with Crippen LogP contribution in [0.2, 0.25) is 0 Å². The average Bonchev–Trinajstić information content (AvgIpc) is 2.96. The van der Waals surface area contributed by atoms with Crippen LogP contribution in [0.1, 0.15) is 37.8 Å². The van der Waals surface area contributed by atoms with E-state index in [1.807, 2.05) is 6.20 Å². The van der Waals surface area contributed by atoms with Crippen molar-refractivity contribution in [2.24, 2.45) is 0 Å². The molecule has 0 saturated heterocycles. The number of nitrogens with zero attached hydrogens (tertiary/aromatic N) is 2. The van der Waals surface area contributed by atoms with Gasteiger partial charge in [-0.3, -0.25) is 4.68 Å². The highest BCUT2D eigenvalue weighted by Crippen LogP contribution is 2.18. The lowest BCUT2D eigenvalue weighted by Crippen LogP contribution is -2.17. The van der Waals surface area contributed by atoms with Gasteiger partial charge in [0.05, 0.1) is 0 Å². The van der Waals surface area contributed by atoms with E-state index in [1.54, 1.807) is 0 Å². The van der Waals surface area contributed by atoms with Crippen molar-refractivity contribution in [3.63, 3.8) is 0 Å².